The molecule has 2 aliphatic carbocycles. The fraction of sp³-hybridized carbons (Fsp3) is 0.800. The highest BCUT2D eigenvalue weighted by Crippen LogP contribution is 2.29. The van der Waals surface area contributed by atoms with Gasteiger partial charge in [-0.2, -0.15) is 5.10 Å². The van der Waals surface area contributed by atoms with Crippen LogP contribution in [-0.2, 0) is 0 Å². The van der Waals surface area contributed by atoms with E-state index >= 15 is 0 Å². The van der Waals surface area contributed by atoms with Crippen molar-refractivity contribution in [2.24, 2.45) is 5.92 Å². The summed E-state index contributed by atoms with van der Waals surface area (Å²) in [5.41, 5.74) is -0.0971. The normalized spacial score (nSPS) is 29.7. The van der Waals surface area contributed by atoms with Gasteiger partial charge >= 0.3 is 0 Å². The molecule has 6 heteroatoms. The van der Waals surface area contributed by atoms with Crippen LogP contribution in [0.5, 0.6) is 0 Å². The Labute approximate surface area is 155 Å². The monoisotopic (exact) mass is 360 g/mol. The molecule has 1 saturated heterocycles. The topological polar surface area (TPSA) is 70.4 Å². The molecule has 0 amide bonds. The number of rotatable bonds is 6. The molecule has 0 spiro atoms. The number of piperidine rings is 1. The van der Waals surface area contributed by atoms with Crippen LogP contribution in [0, 0.1) is 5.92 Å². The third-order valence-corrected chi connectivity index (χ3v) is 6.25. The maximum Gasteiger partial charge on any atom is 0.267 e. The largest absolute Gasteiger partial charge is 0.391 e. The van der Waals surface area contributed by atoms with E-state index in [1.807, 2.05) is 6.07 Å². The first-order valence-electron chi connectivity index (χ1n) is 10.5. The Morgan fingerprint density at radius 1 is 1.04 bits per heavy atom. The van der Waals surface area contributed by atoms with Gasteiger partial charge in [-0.25, -0.2) is 4.68 Å². The molecule has 1 aromatic rings. The van der Waals surface area contributed by atoms with E-state index in [-0.39, 0.29) is 11.6 Å². The van der Waals surface area contributed by atoms with Crippen molar-refractivity contribution in [2.45, 2.75) is 76.0 Å². The summed E-state index contributed by atoms with van der Waals surface area (Å²) >= 11 is 0. The standard InChI is InChI=1S/C20H32N4O2/c25-18-7-2-1-6-17(18)24-20(26)11-10-19(22-24)23-12-4-3-5-16(23)14-21-13-15-8-9-15/h10-11,15-18,21,25H,1-9,12-14H2. The lowest BCUT2D eigenvalue weighted by Gasteiger charge is -2.37. The molecule has 2 N–H and O–H groups in total. The zero-order valence-corrected chi connectivity index (χ0v) is 15.6. The maximum absolute atomic E-state index is 12.4. The second kappa shape index (κ2) is 8.09. The van der Waals surface area contributed by atoms with E-state index in [0.29, 0.717) is 6.04 Å². The van der Waals surface area contributed by atoms with Crippen molar-refractivity contribution in [3.63, 3.8) is 0 Å². The molecule has 0 aromatic carbocycles. The molecule has 4 rings (SSSR count). The van der Waals surface area contributed by atoms with Crippen molar-refractivity contribution >= 4 is 5.82 Å². The highest BCUT2D eigenvalue weighted by atomic mass is 16.3. The Balaban J connectivity index is 1.50. The average molecular weight is 361 g/mol. The molecule has 3 fully saturated rings. The number of anilines is 1. The summed E-state index contributed by atoms with van der Waals surface area (Å²) in [5.74, 6) is 1.78. The van der Waals surface area contributed by atoms with Crippen molar-refractivity contribution < 1.29 is 5.11 Å². The molecule has 2 saturated carbocycles. The molecule has 144 valence electrons. The van der Waals surface area contributed by atoms with E-state index in [0.717, 1.165) is 57.1 Å². The Kier molecular flexibility index (Phi) is 5.60. The summed E-state index contributed by atoms with van der Waals surface area (Å²) in [6, 6.07) is 3.77. The van der Waals surface area contributed by atoms with Crippen LogP contribution in [0.3, 0.4) is 0 Å². The van der Waals surface area contributed by atoms with Crippen molar-refractivity contribution in [1.82, 2.24) is 15.1 Å². The summed E-state index contributed by atoms with van der Waals surface area (Å²) in [6.07, 6.45) is 9.58. The first kappa shape index (κ1) is 18.0. The van der Waals surface area contributed by atoms with Crippen LogP contribution in [0.15, 0.2) is 16.9 Å². The minimum atomic E-state index is -0.457. The molecule has 3 unspecified atom stereocenters. The SMILES string of the molecule is O=c1ccc(N2CCCCC2CNCC2CC2)nn1C1CCCCC1O. The third-order valence-electron chi connectivity index (χ3n) is 6.25. The van der Waals surface area contributed by atoms with E-state index < -0.39 is 6.10 Å². The minimum Gasteiger partial charge on any atom is -0.391 e. The summed E-state index contributed by atoms with van der Waals surface area (Å²) in [6.45, 7) is 3.11. The smallest absolute Gasteiger partial charge is 0.267 e. The van der Waals surface area contributed by atoms with Gasteiger partial charge in [0, 0.05) is 25.2 Å². The summed E-state index contributed by atoms with van der Waals surface area (Å²) in [4.78, 5) is 14.8. The van der Waals surface area contributed by atoms with Gasteiger partial charge in [-0.15, -0.1) is 0 Å². The number of hydrogen-bond donors (Lipinski definition) is 2. The molecular formula is C20H32N4O2. The lowest BCUT2D eigenvalue weighted by atomic mass is 9.93. The zero-order chi connectivity index (χ0) is 17.9. The lowest BCUT2D eigenvalue weighted by Crippen LogP contribution is -2.47. The highest BCUT2D eigenvalue weighted by Gasteiger charge is 2.29. The molecule has 0 bridgehead atoms. The molecule has 6 nitrogen and oxygen atoms in total. The lowest BCUT2D eigenvalue weighted by molar-refractivity contribution is 0.0669. The van der Waals surface area contributed by atoms with E-state index in [1.165, 1.54) is 32.1 Å². The van der Waals surface area contributed by atoms with Crippen LogP contribution in [0.2, 0.25) is 0 Å². The number of nitrogens with one attached hydrogen (secondary N) is 1. The van der Waals surface area contributed by atoms with Crippen LogP contribution >= 0.6 is 0 Å². The molecule has 1 aliphatic heterocycles. The molecule has 26 heavy (non-hydrogen) atoms. The van der Waals surface area contributed by atoms with Crippen LogP contribution < -0.4 is 15.8 Å². The van der Waals surface area contributed by atoms with Gasteiger partial charge in [-0.1, -0.05) is 12.8 Å². The fourth-order valence-electron chi connectivity index (χ4n) is 4.47. The Morgan fingerprint density at radius 3 is 2.65 bits per heavy atom. The zero-order valence-electron chi connectivity index (χ0n) is 15.6. The minimum absolute atomic E-state index is 0.0971. The molecule has 0 radical (unpaired) electrons. The van der Waals surface area contributed by atoms with Crippen molar-refractivity contribution in [3.8, 4) is 0 Å². The van der Waals surface area contributed by atoms with E-state index in [1.54, 1.807) is 10.7 Å². The molecule has 3 atom stereocenters. The number of aromatic nitrogens is 2. The van der Waals surface area contributed by atoms with E-state index in [4.69, 9.17) is 5.10 Å². The highest BCUT2D eigenvalue weighted by molar-refractivity contribution is 5.39. The second-order valence-corrected chi connectivity index (χ2v) is 8.34. The van der Waals surface area contributed by atoms with Gasteiger partial charge in [0.05, 0.1) is 12.1 Å². The predicted octanol–water partition coefficient (Wildman–Crippen LogP) is 2.08. The fourth-order valence-corrected chi connectivity index (χ4v) is 4.47. The average Bonchev–Trinajstić information content (AvgIpc) is 3.48. The molecular weight excluding hydrogens is 328 g/mol. The van der Waals surface area contributed by atoms with Crippen molar-refractivity contribution in [2.75, 3.05) is 24.5 Å². The van der Waals surface area contributed by atoms with Gasteiger partial charge in [-0.3, -0.25) is 4.79 Å². The van der Waals surface area contributed by atoms with Gasteiger partial charge in [0.2, 0.25) is 0 Å². The predicted molar refractivity (Wildman–Crippen MR) is 103 cm³/mol. The van der Waals surface area contributed by atoms with Crippen molar-refractivity contribution in [1.29, 1.82) is 0 Å². The van der Waals surface area contributed by atoms with Crippen LogP contribution in [0.1, 0.15) is 63.8 Å². The van der Waals surface area contributed by atoms with Gasteiger partial charge in [0.25, 0.3) is 5.56 Å². The van der Waals surface area contributed by atoms with E-state index in [9.17, 15) is 9.90 Å². The van der Waals surface area contributed by atoms with Crippen LogP contribution in [-0.4, -0.2) is 46.7 Å². The Hall–Kier alpha value is -1.40. The van der Waals surface area contributed by atoms with Gasteiger partial charge < -0.3 is 15.3 Å². The molecule has 2 heterocycles. The Bertz CT molecular complexity index is 657. The number of nitrogens with zero attached hydrogens (tertiary/aromatic N) is 3. The number of aliphatic hydroxyl groups excluding tert-OH is 1. The summed E-state index contributed by atoms with van der Waals surface area (Å²) in [5, 5.41) is 18.7. The first-order chi connectivity index (χ1) is 12.7. The first-order valence-corrected chi connectivity index (χ1v) is 10.5. The number of hydrogen-bond acceptors (Lipinski definition) is 5. The van der Waals surface area contributed by atoms with Gasteiger partial charge in [-0.05, 0) is 63.5 Å². The second-order valence-electron chi connectivity index (χ2n) is 8.34. The molecule has 1 aromatic heterocycles. The van der Waals surface area contributed by atoms with Gasteiger partial charge in [0.1, 0.15) is 5.82 Å². The van der Waals surface area contributed by atoms with Crippen LogP contribution in [0.4, 0.5) is 5.82 Å². The van der Waals surface area contributed by atoms with Crippen molar-refractivity contribution in [3.05, 3.63) is 22.5 Å². The summed E-state index contributed by atoms with van der Waals surface area (Å²) < 4.78 is 1.56. The third kappa shape index (κ3) is 4.12. The van der Waals surface area contributed by atoms with E-state index in [2.05, 4.69) is 10.2 Å². The Morgan fingerprint density at radius 2 is 1.85 bits per heavy atom. The maximum atomic E-state index is 12.4. The van der Waals surface area contributed by atoms with Gasteiger partial charge in [0.15, 0.2) is 0 Å². The molecule has 3 aliphatic rings. The van der Waals surface area contributed by atoms with Crippen LogP contribution in [0.25, 0.3) is 0 Å². The number of aliphatic hydroxyl groups is 1. The quantitative estimate of drug-likeness (QED) is 0.813. The summed E-state index contributed by atoms with van der Waals surface area (Å²) in [7, 11) is 0.